The van der Waals surface area contributed by atoms with Crippen LogP contribution < -0.4 is 10.6 Å². The van der Waals surface area contributed by atoms with Gasteiger partial charge in [-0.15, -0.1) is 0 Å². The highest BCUT2D eigenvalue weighted by Gasteiger charge is 2.44. The van der Waals surface area contributed by atoms with Crippen LogP contribution in [0.2, 0.25) is 0 Å². The van der Waals surface area contributed by atoms with Gasteiger partial charge in [0.15, 0.2) is 0 Å². The predicted octanol–water partition coefficient (Wildman–Crippen LogP) is 5.60. The Morgan fingerprint density at radius 3 is 2.20 bits per heavy atom. The zero-order valence-electron chi connectivity index (χ0n) is 21.5. The summed E-state index contributed by atoms with van der Waals surface area (Å²) < 4.78 is 0. The van der Waals surface area contributed by atoms with Crippen LogP contribution in [0.3, 0.4) is 0 Å². The second-order valence-corrected chi connectivity index (χ2v) is 11.3. The normalized spacial score (nSPS) is 27.8. The van der Waals surface area contributed by atoms with Crippen molar-refractivity contribution in [1.82, 2.24) is 0 Å². The molecule has 2 unspecified atom stereocenters. The number of hydrogen-bond donors (Lipinski definition) is 1. The number of benzene rings is 2. The maximum Gasteiger partial charge on any atom is 0.248 e. The van der Waals surface area contributed by atoms with Gasteiger partial charge in [0.1, 0.15) is 6.54 Å². The largest absolute Gasteiger partial charge is 0.369 e. The summed E-state index contributed by atoms with van der Waals surface area (Å²) in [5.41, 5.74) is 9.20. The third-order valence-corrected chi connectivity index (χ3v) is 7.83. The molecule has 2 amide bonds. The Balaban J connectivity index is 0.000000179. The van der Waals surface area contributed by atoms with Gasteiger partial charge in [-0.05, 0) is 69.8 Å². The van der Waals surface area contributed by atoms with Crippen molar-refractivity contribution >= 4 is 23.2 Å². The van der Waals surface area contributed by atoms with E-state index in [1.54, 1.807) is 0 Å². The molecule has 35 heavy (non-hydrogen) atoms. The molecule has 2 fully saturated rings. The molecule has 2 aliphatic carbocycles. The first-order valence-electron chi connectivity index (χ1n) is 13.0. The fourth-order valence-electron chi connectivity index (χ4n) is 6.53. The number of anilines is 1. The first kappa shape index (κ1) is 25.2. The summed E-state index contributed by atoms with van der Waals surface area (Å²) in [7, 11) is 0. The van der Waals surface area contributed by atoms with E-state index < -0.39 is 0 Å². The summed E-state index contributed by atoms with van der Waals surface area (Å²) in [4.78, 5) is 30.2. The molecule has 2 saturated carbocycles. The Morgan fingerprint density at radius 1 is 1.00 bits per heavy atom. The van der Waals surface area contributed by atoms with Crippen molar-refractivity contribution in [2.24, 2.45) is 33.9 Å². The van der Waals surface area contributed by atoms with Crippen LogP contribution in [0.1, 0.15) is 70.9 Å². The minimum Gasteiger partial charge on any atom is -0.369 e. The van der Waals surface area contributed by atoms with Crippen molar-refractivity contribution in [2.45, 2.75) is 65.8 Å². The summed E-state index contributed by atoms with van der Waals surface area (Å²) >= 11 is 0. The van der Waals surface area contributed by atoms with Gasteiger partial charge >= 0.3 is 0 Å². The number of benzodiazepines with no additional fused rings is 1. The van der Waals surface area contributed by atoms with E-state index in [4.69, 9.17) is 5.73 Å². The van der Waals surface area contributed by atoms with E-state index >= 15 is 0 Å². The molecular formula is C30H39N3O2. The van der Waals surface area contributed by atoms with Gasteiger partial charge in [-0.2, -0.15) is 0 Å². The summed E-state index contributed by atoms with van der Waals surface area (Å²) in [5.74, 6) is 2.34. The molecule has 3 aliphatic rings. The molecule has 2 atom stereocenters. The molecular weight excluding hydrogens is 434 g/mol. The lowest BCUT2D eigenvalue weighted by Crippen LogP contribution is -2.43. The van der Waals surface area contributed by atoms with Crippen molar-refractivity contribution in [3.8, 4) is 0 Å². The molecule has 186 valence electrons. The van der Waals surface area contributed by atoms with Gasteiger partial charge in [-0.3, -0.25) is 14.6 Å². The summed E-state index contributed by atoms with van der Waals surface area (Å²) in [6, 6.07) is 18.1. The van der Waals surface area contributed by atoms with Crippen LogP contribution in [0.4, 0.5) is 5.69 Å². The van der Waals surface area contributed by atoms with E-state index in [0.29, 0.717) is 0 Å². The highest BCUT2D eigenvalue weighted by Crippen LogP contribution is 2.49. The third kappa shape index (κ3) is 5.50. The number of nitrogens with zero attached hydrogens (tertiary/aromatic N) is 2. The Bertz CT molecular complexity index is 1070. The molecule has 2 aromatic carbocycles. The average Bonchev–Trinajstić information content (AvgIpc) is 2.95. The first-order chi connectivity index (χ1) is 16.7. The van der Waals surface area contributed by atoms with Crippen molar-refractivity contribution in [2.75, 3.05) is 11.4 Å². The molecule has 5 nitrogen and oxygen atoms in total. The number of nitrogens with two attached hydrogens (primary N) is 1. The SMILES string of the molecule is CC(C)N1C(=O)CN=C(c2ccccc2)c2ccccc21.CC1CC2CC(C1)CC(C)(C(N)=O)C2. The molecule has 1 heterocycles. The number of carbonyl (C=O) groups is 2. The van der Waals surface area contributed by atoms with Crippen LogP contribution >= 0.6 is 0 Å². The molecule has 0 aromatic heterocycles. The summed E-state index contributed by atoms with van der Waals surface area (Å²) in [6.07, 6.45) is 6.01. The summed E-state index contributed by atoms with van der Waals surface area (Å²) in [5, 5.41) is 0. The van der Waals surface area contributed by atoms with Gasteiger partial charge in [-0.25, -0.2) is 0 Å². The number of rotatable bonds is 3. The zero-order valence-corrected chi connectivity index (χ0v) is 21.5. The van der Waals surface area contributed by atoms with Gasteiger partial charge in [-0.1, -0.05) is 62.4 Å². The number of carbonyl (C=O) groups excluding carboxylic acids is 2. The lowest BCUT2D eigenvalue weighted by atomic mass is 9.59. The van der Waals surface area contributed by atoms with Gasteiger partial charge in [0.2, 0.25) is 11.8 Å². The van der Waals surface area contributed by atoms with Gasteiger partial charge in [0.05, 0.1) is 11.4 Å². The Morgan fingerprint density at radius 2 is 1.60 bits per heavy atom. The average molecular weight is 474 g/mol. The van der Waals surface area contributed by atoms with Crippen LogP contribution in [-0.2, 0) is 9.59 Å². The fraction of sp³-hybridized carbons (Fsp3) is 0.500. The van der Waals surface area contributed by atoms with Crippen LogP contribution in [-0.4, -0.2) is 30.1 Å². The number of aliphatic imine (C=N–C) groups is 1. The maximum atomic E-state index is 12.4. The minimum atomic E-state index is -0.201. The molecule has 2 bridgehead atoms. The van der Waals surface area contributed by atoms with E-state index in [1.165, 1.54) is 19.3 Å². The molecule has 5 rings (SSSR count). The Labute approximate surface area is 209 Å². The van der Waals surface area contributed by atoms with Gasteiger partial charge in [0.25, 0.3) is 0 Å². The van der Waals surface area contributed by atoms with E-state index in [-0.39, 0.29) is 29.8 Å². The van der Waals surface area contributed by atoms with E-state index in [1.807, 2.05) is 73.3 Å². The van der Waals surface area contributed by atoms with E-state index in [9.17, 15) is 9.59 Å². The number of amides is 2. The van der Waals surface area contributed by atoms with Gasteiger partial charge < -0.3 is 10.6 Å². The second kappa shape index (κ2) is 10.3. The molecule has 0 saturated heterocycles. The molecule has 1 aliphatic heterocycles. The zero-order chi connectivity index (χ0) is 25.2. The van der Waals surface area contributed by atoms with Crippen LogP contribution in [0.5, 0.6) is 0 Å². The second-order valence-electron chi connectivity index (χ2n) is 11.3. The summed E-state index contributed by atoms with van der Waals surface area (Å²) in [6.45, 7) is 8.65. The number of para-hydroxylation sites is 1. The predicted molar refractivity (Wildman–Crippen MR) is 143 cm³/mol. The Hall–Kier alpha value is -2.95. The minimum absolute atomic E-state index is 0.0448. The van der Waals surface area contributed by atoms with Crippen molar-refractivity contribution in [3.63, 3.8) is 0 Å². The molecule has 0 spiro atoms. The highest BCUT2D eigenvalue weighted by atomic mass is 16.2. The molecule has 5 heteroatoms. The van der Waals surface area contributed by atoms with Crippen molar-refractivity contribution in [1.29, 1.82) is 0 Å². The molecule has 0 radical (unpaired) electrons. The van der Waals surface area contributed by atoms with Gasteiger partial charge in [0, 0.05) is 22.6 Å². The van der Waals surface area contributed by atoms with E-state index in [0.717, 1.165) is 53.1 Å². The number of primary amides is 1. The molecule has 2 N–H and O–H groups in total. The fourth-order valence-corrected chi connectivity index (χ4v) is 6.53. The highest BCUT2D eigenvalue weighted by molar-refractivity contribution is 6.19. The number of fused-ring (bicyclic) bond motifs is 3. The monoisotopic (exact) mass is 473 g/mol. The smallest absolute Gasteiger partial charge is 0.248 e. The Kier molecular flexibility index (Phi) is 7.44. The third-order valence-electron chi connectivity index (χ3n) is 7.83. The molecule has 2 aromatic rings. The maximum absolute atomic E-state index is 12.4. The quantitative estimate of drug-likeness (QED) is 0.630. The van der Waals surface area contributed by atoms with E-state index in [2.05, 4.69) is 18.8 Å². The number of hydrogen-bond acceptors (Lipinski definition) is 3. The van der Waals surface area contributed by atoms with Crippen molar-refractivity contribution in [3.05, 3.63) is 65.7 Å². The standard InChI is InChI=1S/C18H18N2O.C12H21NO/c1-13(2)20-16-11-7-6-10-15(16)18(19-12-17(20)21)14-8-4-3-5-9-14;1-8-3-9-5-10(4-8)7-12(2,6-9)11(13)14/h3-11,13H,12H2,1-2H3;8-10H,3-7H2,1-2H3,(H2,13,14). The lowest BCUT2D eigenvalue weighted by molar-refractivity contribution is -0.131. The lowest BCUT2D eigenvalue weighted by Gasteiger charge is -2.45. The van der Waals surface area contributed by atoms with Crippen molar-refractivity contribution < 1.29 is 9.59 Å². The van der Waals surface area contributed by atoms with Crippen LogP contribution in [0.25, 0.3) is 0 Å². The van der Waals surface area contributed by atoms with Crippen LogP contribution in [0, 0.1) is 23.2 Å². The first-order valence-corrected chi connectivity index (χ1v) is 13.0. The van der Waals surface area contributed by atoms with Crippen LogP contribution in [0.15, 0.2) is 59.6 Å². The topological polar surface area (TPSA) is 75.8 Å².